The fourth-order valence-corrected chi connectivity index (χ4v) is 1.46. The van der Waals surface area contributed by atoms with Crippen molar-refractivity contribution in [3.63, 3.8) is 0 Å². The normalized spacial score (nSPS) is 12.3. The van der Waals surface area contributed by atoms with Gasteiger partial charge in [-0.3, -0.25) is 0 Å². The molecule has 1 aromatic carbocycles. The molecule has 84 valence electrons. The number of ether oxygens (including phenoxy) is 2. The van der Waals surface area contributed by atoms with Crippen molar-refractivity contribution < 1.29 is 14.6 Å². The van der Waals surface area contributed by atoms with Gasteiger partial charge in [-0.1, -0.05) is 13.3 Å². The van der Waals surface area contributed by atoms with Crippen LogP contribution in [0.3, 0.4) is 0 Å². The lowest BCUT2D eigenvalue weighted by Gasteiger charge is -2.12. The van der Waals surface area contributed by atoms with Crippen molar-refractivity contribution in [3.8, 4) is 11.5 Å². The predicted octanol–water partition coefficient (Wildman–Crippen LogP) is 2.54. The summed E-state index contributed by atoms with van der Waals surface area (Å²) in [5.41, 5.74) is 0.841. The van der Waals surface area contributed by atoms with Gasteiger partial charge in [0.1, 0.15) is 11.5 Å². The van der Waals surface area contributed by atoms with Crippen LogP contribution in [0.1, 0.15) is 31.4 Å². The van der Waals surface area contributed by atoms with E-state index in [0.717, 1.165) is 18.4 Å². The fraction of sp³-hybridized carbons (Fsp3) is 0.500. The van der Waals surface area contributed by atoms with E-state index in [-0.39, 0.29) is 0 Å². The highest BCUT2D eigenvalue weighted by Gasteiger charge is 2.09. The molecule has 0 saturated heterocycles. The Kier molecular flexibility index (Phi) is 4.43. The quantitative estimate of drug-likeness (QED) is 0.811. The van der Waals surface area contributed by atoms with E-state index in [1.165, 1.54) is 0 Å². The molecule has 1 atom stereocenters. The van der Waals surface area contributed by atoms with Crippen LogP contribution in [0.5, 0.6) is 11.5 Å². The Morgan fingerprint density at radius 3 is 2.07 bits per heavy atom. The zero-order valence-electron chi connectivity index (χ0n) is 9.49. The molecule has 0 aliphatic carbocycles. The zero-order valence-corrected chi connectivity index (χ0v) is 9.49. The van der Waals surface area contributed by atoms with E-state index >= 15 is 0 Å². The molecule has 15 heavy (non-hydrogen) atoms. The lowest BCUT2D eigenvalue weighted by Crippen LogP contribution is -1.98. The van der Waals surface area contributed by atoms with Crippen molar-refractivity contribution in [1.82, 2.24) is 0 Å². The van der Waals surface area contributed by atoms with E-state index in [2.05, 4.69) is 0 Å². The molecule has 0 spiro atoms. The molecule has 0 aromatic heterocycles. The zero-order chi connectivity index (χ0) is 11.3. The minimum atomic E-state index is -0.445. The SMILES string of the molecule is CCCC(O)c1cc(OC)cc(OC)c1. The Morgan fingerprint density at radius 2 is 1.67 bits per heavy atom. The molecule has 0 saturated carbocycles. The summed E-state index contributed by atoms with van der Waals surface area (Å²) in [5.74, 6) is 1.42. The molecule has 1 N–H and O–H groups in total. The molecule has 0 aliphatic heterocycles. The second-order valence-corrected chi connectivity index (χ2v) is 3.45. The number of methoxy groups -OCH3 is 2. The Labute approximate surface area is 90.6 Å². The van der Waals surface area contributed by atoms with Gasteiger partial charge in [0, 0.05) is 6.07 Å². The molecule has 0 radical (unpaired) electrons. The van der Waals surface area contributed by atoms with Crippen molar-refractivity contribution >= 4 is 0 Å². The standard InChI is InChI=1S/C12H18O3/c1-4-5-12(13)9-6-10(14-2)8-11(7-9)15-3/h6-8,12-13H,4-5H2,1-3H3. The van der Waals surface area contributed by atoms with Gasteiger partial charge in [0.25, 0.3) is 0 Å². The van der Waals surface area contributed by atoms with Gasteiger partial charge in [-0.2, -0.15) is 0 Å². The maximum absolute atomic E-state index is 9.85. The van der Waals surface area contributed by atoms with Crippen LogP contribution in [0.4, 0.5) is 0 Å². The Bertz CT molecular complexity index is 287. The number of hydrogen-bond donors (Lipinski definition) is 1. The van der Waals surface area contributed by atoms with Crippen molar-refractivity contribution in [2.45, 2.75) is 25.9 Å². The summed E-state index contributed by atoms with van der Waals surface area (Å²) in [6, 6.07) is 5.47. The third-order valence-corrected chi connectivity index (χ3v) is 2.32. The van der Waals surface area contributed by atoms with Crippen LogP contribution in [-0.4, -0.2) is 19.3 Å². The van der Waals surface area contributed by atoms with Crippen molar-refractivity contribution in [1.29, 1.82) is 0 Å². The highest BCUT2D eigenvalue weighted by Crippen LogP contribution is 2.28. The average Bonchev–Trinajstić information content (AvgIpc) is 2.28. The molecule has 3 heteroatoms. The summed E-state index contributed by atoms with van der Waals surface area (Å²) < 4.78 is 10.3. The van der Waals surface area contributed by atoms with Crippen molar-refractivity contribution in [2.75, 3.05) is 14.2 Å². The van der Waals surface area contributed by atoms with Gasteiger partial charge >= 0.3 is 0 Å². The molecule has 0 aliphatic rings. The topological polar surface area (TPSA) is 38.7 Å². The van der Waals surface area contributed by atoms with Gasteiger partial charge in [-0.15, -0.1) is 0 Å². The molecule has 1 unspecified atom stereocenters. The first-order chi connectivity index (χ1) is 7.21. The van der Waals surface area contributed by atoms with Crippen LogP contribution < -0.4 is 9.47 Å². The van der Waals surface area contributed by atoms with E-state index in [0.29, 0.717) is 11.5 Å². The van der Waals surface area contributed by atoms with E-state index in [4.69, 9.17) is 9.47 Å². The number of hydrogen-bond acceptors (Lipinski definition) is 3. The molecule has 1 rings (SSSR count). The molecule has 3 nitrogen and oxygen atoms in total. The van der Waals surface area contributed by atoms with Crippen LogP contribution in [0, 0.1) is 0 Å². The maximum Gasteiger partial charge on any atom is 0.122 e. The number of benzene rings is 1. The summed E-state index contributed by atoms with van der Waals surface area (Å²) in [4.78, 5) is 0. The van der Waals surface area contributed by atoms with Crippen LogP contribution in [0.2, 0.25) is 0 Å². The Hall–Kier alpha value is -1.22. The minimum Gasteiger partial charge on any atom is -0.497 e. The third-order valence-electron chi connectivity index (χ3n) is 2.32. The first-order valence-electron chi connectivity index (χ1n) is 5.12. The molecule has 0 bridgehead atoms. The van der Waals surface area contributed by atoms with Gasteiger partial charge in [0.2, 0.25) is 0 Å². The number of aliphatic hydroxyl groups excluding tert-OH is 1. The van der Waals surface area contributed by atoms with E-state index in [1.807, 2.05) is 19.1 Å². The van der Waals surface area contributed by atoms with Gasteiger partial charge in [0.15, 0.2) is 0 Å². The number of rotatable bonds is 5. The lowest BCUT2D eigenvalue weighted by atomic mass is 10.0. The van der Waals surface area contributed by atoms with Gasteiger partial charge in [-0.25, -0.2) is 0 Å². The minimum absolute atomic E-state index is 0.445. The Morgan fingerprint density at radius 1 is 1.13 bits per heavy atom. The molecular formula is C12H18O3. The summed E-state index contributed by atoms with van der Waals surface area (Å²) in [6.07, 6.45) is 1.25. The molecule has 0 heterocycles. The second-order valence-electron chi connectivity index (χ2n) is 3.45. The largest absolute Gasteiger partial charge is 0.497 e. The average molecular weight is 210 g/mol. The highest BCUT2D eigenvalue weighted by molar-refractivity contribution is 5.39. The lowest BCUT2D eigenvalue weighted by molar-refractivity contribution is 0.165. The monoisotopic (exact) mass is 210 g/mol. The first-order valence-corrected chi connectivity index (χ1v) is 5.12. The van der Waals surface area contributed by atoms with Crippen molar-refractivity contribution in [3.05, 3.63) is 23.8 Å². The van der Waals surface area contributed by atoms with Gasteiger partial charge < -0.3 is 14.6 Å². The van der Waals surface area contributed by atoms with Crippen molar-refractivity contribution in [2.24, 2.45) is 0 Å². The maximum atomic E-state index is 9.85. The summed E-state index contributed by atoms with van der Waals surface area (Å²) in [5, 5.41) is 9.85. The predicted molar refractivity (Wildman–Crippen MR) is 59.4 cm³/mol. The Balaban J connectivity index is 2.95. The second kappa shape index (κ2) is 5.61. The van der Waals surface area contributed by atoms with Crippen LogP contribution in [0.15, 0.2) is 18.2 Å². The molecular weight excluding hydrogens is 192 g/mol. The first kappa shape index (κ1) is 11.9. The van der Waals surface area contributed by atoms with Gasteiger partial charge in [0.05, 0.1) is 20.3 Å². The summed E-state index contributed by atoms with van der Waals surface area (Å²) in [6.45, 7) is 2.04. The highest BCUT2D eigenvalue weighted by atomic mass is 16.5. The summed E-state index contributed by atoms with van der Waals surface area (Å²) >= 11 is 0. The number of aliphatic hydroxyl groups is 1. The molecule has 0 amide bonds. The van der Waals surface area contributed by atoms with Crippen LogP contribution in [0.25, 0.3) is 0 Å². The fourth-order valence-electron chi connectivity index (χ4n) is 1.46. The van der Waals surface area contributed by atoms with E-state index < -0.39 is 6.10 Å². The van der Waals surface area contributed by atoms with E-state index in [9.17, 15) is 5.11 Å². The van der Waals surface area contributed by atoms with Crippen LogP contribution in [-0.2, 0) is 0 Å². The third kappa shape index (κ3) is 3.13. The van der Waals surface area contributed by atoms with Gasteiger partial charge in [-0.05, 0) is 24.1 Å². The molecule has 0 fully saturated rings. The smallest absolute Gasteiger partial charge is 0.122 e. The molecule has 1 aromatic rings. The summed E-state index contributed by atoms with van der Waals surface area (Å²) in [7, 11) is 3.20. The van der Waals surface area contributed by atoms with Crippen LogP contribution >= 0.6 is 0 Å². The van der Waals surface area contributed by atoms with E-state index in [1.54, 1.807) is 20.3 Å².